The number of hydrogen-bond acceptors (Lipinski definition) is 2. The highest BCUT2D eigenvalue weighted by Gasteiger charge is 2.10. The summed E-state index contributed by atoms with van der Waals surface area (Å²) >= 11 is 0. The van der Waals surface area contributed by atoms with Gasteiger partial charge in [0, 0.05) is 18.7 Å². The number of methoxy groups -OCH3 is 1. The second-order valence-electron chi connectivity index (χ2n) is 5.53. The third kappa shape index (κ3) is 5.01. The Morgan fingerprint density at radius 1 is 1.09 bits per heavy atom. The number of amides is 1. The number of hydrogen-bond donors (Lipinski definition) is 1. The Morgan fingerprint density at radius 3 is 2.55 bits per heavy atom. The lowest BCUT2D eigenvalue weighted by Gasteiger charge is -2.14. The van der Waals surface area contributed by atoms with E-state index in [0.29, 0.717) is 12.2 Å². The zero-order valence-electron chi connectivity index (χ0n) is 13.2. The highest BCUT2D eigenvalue weighted by Crippen LogP contribution is 2.08. The van der Waals surface area contributed by atoms with Crippen LogP contribution in [0.25, 0.3) is 0 Å². The molecule has 0 saturated carbocycles. The van der Waals surface area contributed by atoms with E-state index in [4.69, 9.17) is 4.74 Å². The minimum atomic E-state index is -0.0292. The zero-order chi connectivity index (χ0) is 15.8. The van der Waals surface area contributed by atoms with E-state index in [0.717, 1.165) is 18.4 Å². The minimum Gasteiger partial charge on any atom is -0.380 e. The predicted octanol–water partition coefficient (Wildman–Crippen LogP) is 3.58. The summed E-state index contributed by atoms with van der Waals surface area (Å²) in [5, 5.41) is 3.06. The van der Waals surface area contributed by atoms with Gasteiger partial charge in [-0.3, -0.25) is 4.79 Å². The molecule has 0 aliphatic rings. The third-order valence-electron chi connectivity index (χ3n) is 3.59. The van der Waals surface area contributed by atoms with Crippen molar-refractivity contribution in [2.45, 2.75) is 32.4 Å². The molecule has 0 bridgehead atoms. The summed E-state index contributed by atoms with van der Waals surface area (Å²) in [5.74, 6) is -0.0292. The van der Waals surface area contributed by atoms with E-state index in [1.54, 1.807) is 7.11 Å². The number of carbonyl (C=O) groups is 1. The van der Waals surface area contributed by atoms with Crippen LogP contribution in [0.15, 0.2) is 54.6 Å². The van der Waals surface area contributed by atoms with E-state index in [1.165, 1.54) is 5.56 Å². The van der Waals surface area contributed by atoms with Crippen LogP contribution in [0, 0.1) is 0 Å². The second kappa shape index (κ2) is 8.35. The molecule has 116 valence electrons. The van der Waals surface area contributed by atoms with Gasteiger partial charge in [0.25, 0.3) is 5.91 Å². The molecule has 0 aliphatic carbocycles. The summed E-state index contributed by atoms with van der Waals surface area (Å²) in [6, 6.07) is 18.0. The Bertz CT molecular complexity index is 595. The van der Waals surface area contributed by atoms with Gasteiger partial charge in [-0.1, -0.05) is 42.5 Å². The average Bonchev–Trinajstić information content (AvgIpc) is 2.54. The molecule has 0 saturated heterocycles. The monoisotopic (exact) mass is 297 g/mol. The molecule has 0 heterocycles. The Labute approximate surface area is 132 Å². The SMILES string of the molecule is COCc1cccc(C(=O)NC(C)CCc2ccccc2)c1. The quantitative estimate of drug-likeness (QED) is 0.848. The van der Waals surface area contributed by atoms with E-state index < -0.39 is 0 Å². The van der Waals surface area contributed by atoms with Gasteiger partial charge in [0.05, 0.1) is 6.61 Å². The summed E-state index contributed by atoms with van der Waals surface area (Å²) < 4.78 is 5.10. The van der Waals surface area contributed by atoms with E-state index in [-0.39, 0.29) is 11.9 Å². The molecule has 3 heteroatoms. The van der Waals surface area contributed by atoms with Crippen molar-refractivity contribution in [3.05, 3.63) is 71.3 Å². The first-order valence-corrected chi connectivity index (χ1v) is 7.61. The molecule has 1 amide bonds. The van der Waals surface area contributed by atoms with E-state index in [1.807, 2.05) is 49.4 Å². The molecule has 0 fully saturated rings. The molecular formula is C19H23NO2. The molecular weight excluding hydrogens is 274 g/mol. The number of aryl methyl sites for hydroxylation is 1. The zero-order valence-corrected chi connectivity index (χ0v) is 13.2. The van der Waals surface area contributed by atoms with Gasteiger partial charge in [0.15, 0.2) is 0 Å². The summed E-state index contributed by atoms with van der Waals surface area (Å²) in [6.45, 7) is 2.56. The molecule has 3 nitrogen and oxygen atoms in total. The lowest BCUT2D eigenvalue weighted by atomic mass is 10.1. The van der Waals surface area contributed by atoms with E-state index in [2.05, 4.69) is 17.4 Å². The lowest BCUT2D eigenvalue weighted by molar-refractivity contribution is 0.0938. The van der Waals surface area contributed by atoms with Gasteiger partial charge in [0.2, 0.25) is 0 Å². The molecule has 22 heavy (non-hydrogen) atoms. The molecule has 2 aromatic rings. The van der Waals surface area contributed by atoms with Crippen molar-refractivity contribution in [1.29, 1.82) is 0 Å². The number of rotatable bonds is 7. The number of nitrogens with one attached hydrogen (secondary N) is 1. The molecule has 0 aromatic heterocycles. The van der Waals surface area contributed by atoms with Gasteiger partial charge in [-0.15, -0.1) is 0 Å². The first-order chi connectivity index (χ1) is 10.7. The Morgan fingerprint density at radius 2 is 1.82 bits per heavy atom. The molecule has 0 radical (unpaired) electrons. The first kappa shape index (κ1) is 16.2. The van der Waals surface area contributed by atoms with Crippen LogP contribution >= 0.6 is 0 Å². The number of carbonyl (C=O) groups excluding carboxylic acids is 1. The summed E-state index contributed by atoms with van der Waals surface area (Å²) in [4.78, 5) is 12.3. The summed E-state index contributed by atoms with van der Waals surface area (Å²) in [6.07, 6.45) is 1.89. The maximum atomic E-state index is 12.3. The van der Waals surface area contributed by atoms with Crippen LogP contribution in [0.2, 0.25) is 0 Å². The van der Waals surface area contributed by atoms with Gasteiger partial charge in [-0.25, -0.2) is 0 Å². The molecule has 1 unspecified atom stereocenters. The van der Waals surface area contributed by atoms with Crippen LogP contribution < -0.4 is 5.32 Å². The van der Waals surface area contributed by atoms with Crippen molar-refractivity contribution in [2.75, 3.05) is 7.11 Å². The fourth-order valence-corrected chi connectivity index (χ4v) is 2.38. The molecule has 2 rings (SSSR count). The van der Waals surface area contributed by atoms with Crippen LogP contribution in [0.5, 0.6) is 0 Å². The maximum Gasteiger partial charge on any atom is 0.251 e. The highest BCUT2D eigenvalue weighted by molar-refractivity contribution is 5.94. The van der Waals surface area contributed by atoms with Crippen molar-refractivity contribution in [3.63, 3.8) is 0 Å². The second-order valence-corrected chi connectivity index (χ2v) is 5.53. The Balaban J connectivity index is 1.86. The van der Waals surface area contributed by atoms with Crippen LogP contribution in [0.4, 0.5) is 0 Å². The molecule has 2 aromatic carbocycles. The Hall–Kier alpha value is -2.13. The summed E-state index contributed by atoms with van der Waals surface area (Å²) in [7, 11) is 1.65. The standard InChI is InChI=1S/C19H23NO2/c1-15(11-12-16-7-4-3-5-8-16)20-19(21)18-10-6-9-17(13-18)14-22-2/h3-10,13,15H,11-12,14H2,1-2H3,(H,20,21). The van der Waals surface area contributed by atoms with Gasteiger partial charge < -0.3 is 10.1 Å². The maximum absolute atomic E-state index is 12.3. The lowest BCUT2D eigenvalue weighted by Crippen LogP contribution is -2.32. The van der Waals surface area contributed by atoms with E-state index >= 15 is 0 Å². The molecule has 1 N–H and O–H groups in total. The van der Waals surface area contributed by atoms with Crippen molar-refractivity contribution in [3.8, 4) is 0 Å². The Kier molecular flexibility index (Phi) is 6.16. The van der Waals surface area contributed by atoms with Gasteiger partial charge >= 0.3 is 0 Å². The topological polar surface area (TPSA) is 38.3 Å². The van der Waals surface area contributed by atoms with Gasteiger partial charge in [-0.05, 0) is 43.0 Å². The van der Waals surface area contributed by atoms with Gasteiger partial charge in [0.1, 0.15) is 0 Å². The fraction of sp³-hybridized carbons (Fsp3) is 0.316. The normalized spacial score (nSPS) is 11.9. The van der Waals surface area contributed by atoms with Crippen LogP contribution in [-0.4, -0.2) is 19.1 Å². The van der Waals surface area contributed by atoms with Crippen molar-refractivity contribution >= 4 is 5.91 Å². The van der Waals surface area contributed by atoms with Crippen molar-refractivity contribution in [2.24, 2.45) is 0 Å². The average molecular weight is 297 g/mol. The first-order valence-electron chi connectivity index (χ1n) is 7.61. The highest BCUT2D eigenvalue weighted by atomic mass is 16.5. The largest absolute Gasteiger partial charge is 0.380 e. The smallest absolute Gasteiger partial charge is 0.251 e. The van der Waals surface area contributed by atoms with Crippen molar-refractivity contribution < 1.29 is 9.53 Å². The van der Waals surface area contributed by atoms with Crippen LogP contribution in [0.1, 0.15) is 34.8 Å². The van der Waals surface area contributed by atoms with Crippen LogP contribution in [0.3, 0.4) is 0 Å². The third-order valence-corrected chi connectivity index (χ3v) is 3.59. The van der Waals surface area contributed by atoms with Crippen LogP contribution in [-0.2, 0) is 17.8 Å². The number of benzene rings is 2. The fourth-order valence-electron chi connectivity index (χ4n) is 2.38. The molecule has 1 atom stereocenters. The number of ether oxygens (including phenoxy) is 1. The van der Waals surface area contributed by atoms with E-state index in [9.17, 15) is 4.79 Å². The summed E-state index contributed by atoms with van der Waals surface area (Å²) in [5.41, 5.74) is 2.99. The van der Waals surface area contributed by atoms with Gasteiger partial charge in [-0.2, -0.15) is 0 Å². The minimum absolute atomic E-state index is 0.0292. The molecule has 0 aliphatic heterocycles. The molecule has 0 spiro atoms. The van der Waals surface area contributed by atoms with Crippen molar-refractivity contribution in [1.82, 2.24) is 5.32 Å². The predicted molar refractivity (Wildman–Crippen MR) is 88.8 cm³/mol.